The summed E-state index contributed by atoms with van der Waals surface area (Å²) in [4.78, 5) is 0. The van der Waals surface area contributed by atoms with Crippen molar-refractivity contribution in [3.8, 4) is 11.5 Å². The van der Waals surface area contributed by atoms with Crippen molar-refractivity contribution >= 4 is 0 Å². The van der Waals surface area contributed by atoms with E-state index in [0.29, 0.717) is 0 Å². The molecule has 0 N–H and O–H groups in total. The van der Waals surface area contributed by atoms with Crippen molar-refractivity contribution in [2.75, 3.05) is 0 Å². The molecule has 4 nitrogen and oxygen atoms in total. The van der Waals surface area contributed by atoms with Gasteiger partial charge in [-0.3, -0.25) is 4.68 Å². The summed E-state index contributed by atoms with van der Waals surface area (Å²) in [6, 6.07) is 3.80. The third-order valence-electron chi connectivity index (χ3n) is 1.85. The molecule has 0 aliphatic carbocycles. The second-order valence-corrected chi connectivity index (χ2v) is 2.89. The Balaban J connectivity index is 0.000000581. The number of hydrogen-bond donors (Lipinski definition) is 0. The first-order valence-corrected chi connectivity index (χ1v) is 6.26. The number of aryl methyl sites for hydroxylation is 2. The molecule has 0 spiro atoms. The van der Waals surface area contributed by atoms with Crippen LogP contribution in [0.2, 0.25) is 0 Å². The average Bonchev–Trinajstić information content (AvgIpc) is 3.02. The van der Waals surface area contributed by atoms with Crippen LogP contribution in [-0.4, -0.2) is 14.9 Å². The van der Waals surface area contributed by atoms with Gasteiger partial charge in [-0.1, -0.05) is 32.9 Å². The second-order valence-electron chi connectivity index (χ2n) is 2.89. The quantitative estimate of drug-likeness (QED) is 0.795. The van der Waals surface area contributed by atoms with Crippen LogP contribution in [0.4, 0.5) is 0 Å². The van der Waals surface area contributed by atoms with Crippen LogP contribution in [0.1, 0.15) is 40.3 Å². The molecule has 17 heavy (non-hydrogen) atoms. The summed E-state index contributed by atoms with van der Waals surface area (Å²) in [7, 11) is 0. The first kappa shape index (κ1) is 15.4. The van der Waals surface area contributed by atoms with Crippen LogP contribution in [0.25, 0.3) is 11.5 Å². The third-order valence-corrected chi connectivity index (χ3v) is 1.85. The zero-order valence-electron chi connectivity index (χ0n) is 11.7. The molecule has 2 heterocycles. The molecular weight excluding hydrogens is 214 g/mol. The molecule has 0 radical (unpaired) electrons. The number of aromatic nitrogens is 3. The standard InChI is InChI=1S/C9H11N3O.2C2H6/c1-3-12-5-4-8(10-12)9-6-7(2)11-13-9;2*1-2/h4-6H,3H2,1-2H3;2*1-2H3. The Morgan fingerprint density at radius 3 is 2.29 bits per heavy atom. The van der Waals surface area contributed by atoms with Gasteiger partial charge in [-0.2, -0.15) is 5.10 Å². The largest absolute Gasteiger partial charge is 0.354 e. The Bertz CT molecular complexity index is 404. The summed E-state index contributed by atoms with van der Waals surface area (Å²) in [5.74, 6) is 0.727. The number of hydrogen-bond acceptors (Lipinski definition) is 3. The van der Waals surface area contributed by atoms with E-state index in [0.717, 1.165) is 23.7 Å². The fraction of sp³-hybridized carbons (Fsp3) is 0.538. The first-order valence-electron chi connectivity index (χ1n) is 6.26. The topological polar surface area (TPSA) is 43.9 Å². The lowest BCUT2D eigenvalue weighted by Gasteiger charge is -1.90. The molecule has 0 atom stereocenters. The molecule has 2 rings (SSSR count). The van der Waals surface area contributed by atoms with E-state index in [-0.39, 0.29) is 0 Å². The Kier molecular flexibility index (Phi) is 7.76. The van der Waals surface area contributed by atoms with Crippen LogP contribution in [0, 0.1) is 6.92 Å². The smallest absolute Gasteiger partial charge is 0.187 e. The van der Waals surface area contributed by atoms with Gasteiger partial charge < -0.3 is 4.52 Å². The van der Waals surface area contributed by atoms with Crippen LogP contribution in [-0.2, 0) is 6.54 Å². The van der Waals surface area contributed by atoms with Gasteiger partial charge in [0.1, 0.15) is 5.69 Å². The SMILES string of the molecule is CC.CC.CCn1ccc(-c2cc(C)no2)n1. The van der Waals surface area contributed by atoms with Crippen molar-refractivity contribution in [1.82, 2.24) is 14.9 Å². The maximum Gasteiger partial charge on any atom is 0.187 e. The third kappa shape index (κ3) is 4.43. The molecule has 0 saturated carbocycles. The lowest BCUT2D eigenvalue weighted by atomic mass is 10.3. The Hall–Kier alpha value is -1.58. The lowest BCUT2D eigenvalue weighted by Crippen LogP contribution is -1.93. The summed E-state index contributed by atoms with van der Waals surface area (Å²) in [6.45, 7) is 12.8. The molecule has 0 aliphatic heterocycles. The van der Waals surface area contributed by atoms with Crippen molar-refractivity contribution in [3.63, 3.8) is 0 Å². The predicted molar refractivity (Wildman–Crippen MR) is 70.8 cm³/mol. The van der Waals surface area contributed by atoms with Gasteiger partial charge in [0.25, 0.3) is 0 Å². The molecular formula is C13H23N3O. The molecule has 0 unspecified atom stereocenters. The van der Waals surface area contributed by atoms with Gasteiger partial charge in [0.2, 0.25) is 0 Å². The van der Waals surface area contributed by atoms with Crippen molar-refractivity contribution in [3.05, 3.63) is 24.0 Å². The van der Waals surface area contributed by atoms with Gasteiger partial charge in [0.15, 0.2) is 5.76 Å². The molecule has 0 bridgehead atoms. The van der Waals surface area contributed by atoms with Crippen LogP contribution in [0.5, 0.6) is 0 Å². The van der Waals surface area contributed by atoms with Crippen molar-refractivity contribution in [2.24, 2.45) is 0 Å². The van der Waals surface area contributed by atoms with E-state index in [1.54, 1.807) is 0 Å². The monoisotopic (exact) mass is 237 g/mol. The maximum absolute atomic E-state index is 5.08. The zero-order chi connectivity index (χ0) is 13.3. The van der Waals surface area contributed by atoms with Gasteiger partial charge in [-0.15, -0.1) is 0 Å². The van der Waals surface area contributed by atoms with Gasteiger partial charge in [-0.25, -0.2) is 0 Å². The summed E-state index contributed by atoms with van der Waals surface area (Å²) in [6.07, 6.45) is 1.92. The van der Waals surface area contributed by atoms with E-state index in [1.807, 2.05) is 64.6 Å². The van der Waals surface area contributed by atoms with Crippen molar-refractivity contribution in [2.45, 2.75) is 48.1 Å². The predicted octanol–water partition coefficient (Wildman–Crippen LogP) is 3.92. The fourth-order valence-corrected chi connectivity index (χ4v) is 1.15. The second kappa shape index (κ2) is 8.56. The number of nitrogens with zero attached hydrogens (tertiary/aromatic N) is 3. The molecule has 96 valence electrons. The maximum atomic E-state index is 5.08. The van der Waals surface area contributed by atoms with Crippen LogP contribution in [0.15, 0.2) is 22.9 Å². The molecule has 0 amide bonds. The summed E-state index contributed by atoms with van der Waals surface area (Å²) >= 11 is 0. The zero-order valence-corrected chi connectivity index (χ0v) is 11.7. The highest BCUT2D eigenvalue weighted by molar-refractivity contribution is 5.50. The minimum atomic E-state index is 0.727. The van der Waals surface area contributed by atoms with E-state index < -0.39 is 0 Å². The van der Waals surface area contributed by atoms with Crippen molar-refractivity contribution in [1.29, 1.82) is 0 Å². The molecule has 2 aromatic rings. The van der Waals surface area contributed by atoms with Crippen LogP contribution < -0.4 is 0 Å². The molecule has 0 aromatic carbocycles. The molecule has 0 aliphatic rings. The average molecular weight is 237 g/mol. The summed E-state index contributed by atoms with van der Waals surface area (Å²) < 4.78 is 6.94. The molecule has 0 saturated heterocycles. The van der Waals surface area contributed by atoms with Gasteiger partial charge >= 0.3 is 0 Å². The van der Waals surface area contributed by atoms with E-state index in [1.165, 1.54) is 0 Å². The minimum Gasteiger partial charge on any atom is -0.354 e. The summed E-state index contributed by atoms with van der Waals surface area (Å²) in [5.41, 5.74) is 1.71. The van der Waals surface area contributed by atoms with Gasteiger partial charge in [0, 0.05) is 18.8 Å². The van der Waals surface area contributed by atoms with E-state index in [9.17, 15) is 0 Å². The minimum absolute atomic E-state index is 0.727. The Morgan fingerprint density at radius 1 is 1.24 bits per heavy atom. The molecule has 4 heteroatoms. The normalized spacial score (nSPS) is 8.82. The lowest BCUT2D eigenvalue weighted by molar-refractivity contribution is 0.425. The highest BCUT2D eigenvalue weighted by Crippen LogP contribution is 2.17. The van der Waals surface area contributed by atoms with Gasteiger partial charge in [-0.05, 0) is 19.9 Å². The first-order chi connectivity index (χ1) is 8.29. The molecule has 0 fully saturated rings. The van der Waals surface area contributed by atoms with Crippen LogP contribution >= 0.6 is 0 Å². The van der Waals surface area contributed by atoms with Crippen molar-refractivity contribution < 1.29 is 4.52 Å². The summed E-state index contributed by atoms with van der Waals surface area (Å²) in [5, 5.41) is 8.10. The van der Waals surface area contributed by atoms with E-state index in [4.69, 9.17) is 4.52 Å². The van der Waals surface area contributed by atoms with E-state index in [2.05, 4.69) is 10.3 Å². The van der Waals surface area contributed by atoms with E-state index >= 15 is 0 Å². The highest BCUT2D eigenvalue weighted by atomic mass is 16.5. The van der Waals surface area contributed by atoms with Gasteiger partial charge in [0.05, 0.1) is 5.69 Å². The Labute approximate surface area is 104 Å². The fourth-order valence-electron chi connectivity index (χ4n) is 1.15. The number of rotatable bonds is 2. The Morgan fingerprint density at radius 2 is 1.88 bits per heavy atom. The molecule has 2 aromatic heterocycles. The highest BCUT2D eigenvalue weighted by Gasteiger charge is 2.06. The van der Waals surface area contributed by atoms with Crippen LogP contribution in [0.3, 0.4) is 0 Å².